The third-order valence-electron chi connectivity index (χ3n) is 10.4. The molecule has 0 aromatic rings. The smallest absolute Gasteiger partial charge is 0.336 e. The van der Waals surface area contributed by atoms with Crippen molar-refractivity contribution in [3.63, 3.8) is 0 Å². The molecule has 0 rings (SSSR count). The fraction of sp³-hybridized carbons (Fsp3) is 0.886. The number of guanidine groups is 2. The standard InChI is InChI=1S/C44H86N6O7/c1-3-5-7-9-11-13-15-17-19-21-23-25-27-29-31-33-35-47-42(45)49-56-39(51)37-44(55,41(53)54)38-40(52)57-50-43(46)48-36-34-32-30-28-26-24-22-20-18-16-14-12-10-8-6-4-2/h55H,3-38H2,1-2H3,(H,53,54)(H3,45,47,49)(H3,46,48,50). The number of aliphatic carboxylic acids is 1. The Labute approximate surface area is 346 Å². The maximum atomic E-state index is 12.3. The molecule has 0 amide bonds. The number of carbonyl (C=O) groups excluding carboxylic acids is 2. The summed E-state index contributed by atoms with van der Waals surface area (Å²) in [5.41, 5.74) is 13.0. The summed E-state index contributed by atoms with van der Waals surface area (Å²) in [4.78, 5) is 54.0. The molecule has 334 valence electrons. The summed E-state index contributed by atoms with van der Waals surface area (Å²) in [5.74, 6) is -4.41. The predicted octanol–water partition coefficient (Wildman–Crippen LogP) is 9.83. The van der Waals surface area contributed by atoms with Crippen molar-refractivity contribution in [1.82, 2.24) is 11.0 Å². The van der Waals surface area contributed by atoms with Crippen LogP contribution in [0.1, 0.15) is 232 Å². The number of hydrogen-bond donors (Lipinski definition) is 6. The van der Waals surface area contributed by atoms with Gasteiger partial charge in [0, 0.05) is 13.1 Å². The van der Waals surface area contributed by atoms with E-state index >= 15 is 0 Å². The number of carboxylic acid groups (broad SMARTS) is 1. The van der Waals surface area contributed by atoms with Crippen molar-refractivity contribution in [2.75, 3.05) is 13.1 Å². The van der Waals surface area contributed by atoms with Gasteiger partial charge in [-0.05, 0) is 12.8 Å². The van der Waals surface area contributed by atoms with Crippen LogP contribution in [-0.2, 0) is 24.1 Å². The zero-order chi connectivity index (χ0) is 42.1. The lowest BCUT2D eigenvalue weighted by Crippen LogP contribution is -2.46. The van der Waals surface area contributed by atoms with E-state index in [1.165, 1.54) is 167 Å². The van der Waals surface area contributed by atoms with Crippen LogP contribution in [0.15, 0.2) is 9.98 Å². The summed E-state index contributed by atoms with van der Waals surface area (Å²) < 4.78 is 0. The second-order valence-corrected chi connectivity index (χ2v) is 16.0. The highest BCUT2D eigenvalue weighted by Gasteiger charge is 2.42. The van der Waals surface area contributed by atoms with Crippen molar-refractivity contribution in [2.45, 2.75) is 238 Å². The van der Waals surface area contributed by atoms with Gasteiger partial charge in [-0.3, -0.25) is 9.98 Å². The monoisotopic (exact) mass is 811 g/mol. The van der Waals surface area contributed by atoms with Crippen LogP contribution >= 0.6 is 0 Å². The molecular weight excluding hydrogens is 725 g/mol. The van der Waals surface area contributed by atoms with Gasteiger partial charge in [-0.15, -0.1) is 0 Å². The van der Waals surface area contributed by atoms with E-state index < -0.39 is 36.4 Å². The lowest BCUT2D eigenvalue weighted by atomic mass is 9.96. The Hall–Kier alpha value is -3.09. The number of unbranched alkanes of at least 4 members (excludes halogenated alkanes) is 30. The van der Waals surface area contributed by atoms with E-state index in [0.717, 1.165) is 38.5 Å². The number of hydrogen-bond acceptors (Lipinski definition) is 8. The first kappa shape index (κ1) is 53.9. The number of hydroxylamine groups is 2. The summed E-state index contributed by atoms with van der Waals surface area (Å²) >= 11 is 0. The highest BCUT2D eigenvalue weighted by molar-refractivity contribution is 5.89. The predicted molar refractivity (Wildman–Crippen MR) is 232 cm³/mol. The third kappa shape index (κ3) is 37.0. The molecular formula is C44H86N6O7. The first-order valence-corrected chi connectivity index (χ1v) is 23.1. The second-order valence-electron chi connectivity index (χ2n) is 16.0. The summed E-state index contributed by atoms with van der Waals surface area (Å²) in [6.45, 7) is 5.40. The Balaban J connectivity index is 3.97. The number of aliphatic hydroxyl groups is 1. The van der Waals surface area contributed by atoms with Gasteiger partial charge in [0.25, 0.3) is 0 Å². The average molecular weight is 811 g/mol. The summed E-state index contributed by atoms with van der Waals surface area (Å²) in [6.07, 6.45) is 38.5. The Kier molecular flexibility index (Phi) is 37.6. The molecule has 0 fully saturated rings. The van der Waals surface area contributed by atoms with E-state index in [2.05, 4.69) is 34.8 Å². The average Bonchev–Trinajstić information content (AvgIpc) is 3.18. The Bertz CT molecular complexity index is 973. The maximum absolute atomic E-state index is 12.3. The van der Waals surface area contributed by atoms with Crippen molar-refractivity contribution in [3.8, 4) is 0 Å². The quantitative estimate of drug-likeness (QED) is 0.0149. The number of carboxylic acids is 1. The van der Waals surface area contributed by atoms with Gasteiger partial charge in [0.05, 0.1) is 12.8 Å². The largest absolute Gasteiger partial charge is 0.479 e. The normalized spacial score (nSPS) is 13.0. The molecule has 0 aromatic carbocycles. The topological polar surface area (TPSA) is 211 Å². The Morgan fingerprint density at radius 3 is 0.912 bits per heavy atom. The van der Waals surface area contributed by atoms with Crippen molar-refractivity contribution < 1.29 is 34.3 Å². The second kappa shape index (κ2) is 39.7. The van der Waals surface area contributed by atoms with Crippen molar-refractivity contribution in [2.24, 2.45) is 21.5 Å². The number of rotatable bonds is 39. The molecule has 0 aromatic heterocycles. The lowest BCUT2D eigenvalue weighted by molar-refractivity contribution is -0.175. The van der Waals surface area contributed by atoms with Gasteiger partial charge in [0.2, 0.25) is 11.9 Å². The van der Waals surface area contributed by atoms with E-state index in [-0.39, 0.29) is 11.9 Å². The zero-order valence-corrected chi connectivity index (χ0v) is 36.4. The van der Waals surface area contributed by atoms with E-state index in [4.69, 9.17) is 21.1 Å². The van der Waals surface area contributed by atoms with E-state index in [1.807, 2.05) is 0 Å². The van der Waals surface area contributed by atoms with Crippen LogP contribution in [0.5, 0.6) is 0 Å². The minimum Gasteiger partial charge on any atom is -0.479 e. The number of nitrogens with one attached hydrogen (secondary N) is 2. The van der Waals surface area contributed by atoms with Gasteiger partial charge in [0.15, 0.2) is 5.60 Å². The fourth-order valence-electron chi connectivity index (χ4n) is 6.77. The van der Waals surface area contributed by atoms with Crippen LogP contribution in [0.3, 0.4) is 0 Å². The minimum atomic E-state index is -2.78. The van der Waals surface area contributed by atoms with Gasteiger partial charge >= 0.3 is 17.9 Å². The molecule has 13 nitrogen and oxygen atoms in total. The summed E-state index contributed by atoms with van der Waals surface area (Å²) in [5, 5.41) is 20.0. The maximum Gasteiger partial charge on any atom is 0.336 e. The number of carbonyl (C=O) groups is 3. The highest BCUT2D eigenvalue weighted by atomic mass is 16.7. The molecule has 0 unspecified atom stereocenters. The first-order valence-electron chi connectivity index (χ1n) is 23.1. The van der Waals surface area contributed by atoms with Crippen LogP contribution in [0.2, 0.25) is 0 Å². The van der Waals surface area contributed by atoms with Crippen molar-refractivity contribution >= 4 is 29.8 Å². The Morgan fingerprint density at radius 2 is 0.684 bits per heavy atom. The number of nitrogens with two attached hydrogens (primary N) is 2. The van der Waals surface area contributed by atoms with Crippen LogP contribution < -0.4 is 22.4 Å². The number of aliphatic imine (C=N–C) groups is 2. The van der Waals surface area contributed by atoms with Crippen molar-refractivity contribution in [1.29, 1.82) is 0 Å². The molecule has 0 aliphatic heterocycles. The van der Waals surface area contributed by atoms with Gasteiger partial charge in [-0.25, -0.2) is 14.4 Å². The molecule has 0 atom stereocenters. The van der Waals surface area contributed by atoms with Crippen LogP contribution in [0.25, 0.3) is 0 Å². The fourth-order valence-corrected chi connectivity index (χ4v) is 6.77. The van der Waals surface area contributed by atoms with Crippen LogP contribution in [0.4, 0.5) is 0 Å². The Morgan fingerprint density at radius 1 is 0.456 bits per heavy atom. The first-order chi connectivity index (χ1) is 27.6. The molecule has 0 saturated heterocycles. The summed E-state index contributed by atoms with van der Waals surface area (Å²) in [7, 11) is 0. The zero-order valence-electron chi connectivity index (χ0n) is 36.4. The summed E-state index contributed by atoms with van der Waals surface area (Å²) in [6, 6.07) is 0. The molecule has 0 bridgehead atoms. The third-order valence-corrected chi connectivity index (χ3v) is 10.4. The molecule has 0 heterocycles. The molecule has 0 radical (unpaired) electrons. The number of nitrogens with zero attached hydrogens (tertiary/aromatic N) is 2. The van der Waals surface area contributed by atoms with Crippen LogP contribution in [-0.4, -0.2) is 58.7 Å². The minimum absolute atomic E-state index is 0.152. The van der Waals surface area contributed by atoms with Crippen LogP contribution in [0, 0.1) is 0 Å². The lowest BCUT2D eigenvalue weighted by Gasteiger charge is -2.21. The molecule has 0 saturated carbocycles. The molecule has 13 heteroatoms. The van der Waals surface area contributed by atoms with E-state index in [0.29, 0.717) is 13.1 Å². The molecule has 57 heavy (non-hydrogen) atoms. The van der Waals surface area contributed by atoms with Gasteiger partial charge in [-0.1, -0.05) is 206 Å². The van der Waals surface area contributed by atoms with Gasteiger partial charge in [0.1, 0.15) is 0 Å². The van der Waals surface area contributed by atoms with Gasteiger partial charge in [-0.2, -0.15) is 11.0 Å². The highest BCUT2D eigenvalue weighted by Crippen LogP contribution is 2.18. The van der Waals surface area contributed by atoms with Crippen molar-refractivity contribution in [3.05, 3.63) is 0 Å². The van der Waals surface area contributed by atoms with E-state index in [9.17, 15) is 24.6 Å². The molecule has 0 aliphatic carbocycles. The molecule has 0 spiro atoms. The SMILES string of the molecule is CCCCCCCCCCCCCCCCCCN=C(N)NOC(=O)CC(O)(CC(=O)ONC(N)=NCCCCCCCCCCCCCCCCCC)C(=O)O. The molecule has 8 N–H and O–H groups in total. The molecule has 0 aliphatic rings. The van der Waals surface area contributed by atoms with E-state index in [1.54, 1.807) is 0 Å². The van der Waals surface area contributed by atoms with Gasteiger partial charge < -0.3 is 31.4 Å².